The van der Waals surface area contributed by atoms with Crippen LogP contribution in [-0.2, 0) is 4.79 Å². The second-order valence-corrected chi connectivity index (χ2v) is 5.72. The number of ether oxygens (including phenoxy) is 1. The molecule has 0 aliphatic carbocycles. The third kappa shape index (κ3) is 3.43. The number of nitrogens with one attached hydrogen (secondary N) is 1. The van der Waals surface area contributed by atoms with Crippen molar-refractivity contribution in [1.29, 1.82) is 0 Å². The Bertz CT molecular complexity index is 694. The average molecular weight is 319 g/mol. The van der Waals surface area contributed by atoms with Crippen LogP contribution in [0.4, 0.5) is 5.69 Å². The first-order valence-corrected chi connectivity index (χ1v) is 7.37. The molecule has 1 amide bonds. The predicted molar refractivity (Wildman–Crippen MR) is 81.2 cm³/mol. The lowest BCUT2D eigenvalue weighted by molar-refractivity contribution is -0.254. The number of hydrogen-bond acceptors (Lipinski definition) is 6. The molecule has 1 heterocycles. The van der Waals surface area contributed by atoms with E-state index in [1.54, 1.807) is 45.2 Å². The molecule has 1 N–H and O–H groups in total. The number of aromatic carboxylic acids is 1. The Kier molecular flexibility index (Phi) is 4.77. The number of thiazole rings is 1. The van der Waals surface area contributed by atoms with Gasteiger partial charge in [0.15, 0.2) is 0 Å². The second-order valence-electron chi connectivity index (χ2n) is 4.69. The van der Waals surface area contributed by atoms with E-state index in [1.165, 1.54) is 0 Å². The molecule has 7 heteroatoms. The minimum Gasteiger partial charge on any atom is -0.544 e. The molecular weight excluding hydrogens is 304 g/mol. The first-order valence-electron chi connectivity index (χ1n) is 6.56. The Morgan fingerprint density at radius 2 is 1.95 bits per heavy atom. The molecule has 0 bridgehead atoms. The minimum atomic E-state index is -1.27. The lowest BCUT2D eigenvalue weighted by atomic mass is 10.1. The van der Waals surface area contributed by atoms with Crippen LogP contribution in [-0.4, -0.2) is 24.0 Å². The van der Waals surface area contributed by atoms with Crippen LogP contribution in [0.5, 0.6) is 5.75 Å². The van der Waals surface area contributed by atoms with Gasteiger partial charge in [0, 0.05) is 5.69 Å². The first-order chi connectivity index (χ1) is 10.4. The summed E-state index contributed by atoms with van der Waals surface area (Å²) in [7, 11) is 1.56. The standard InChI is InChI=1S/C15H16N2O4S/c1-8(14-16-9(2)12(22-14)15(19)20)13(18)17-10-4-6-11(21-3)7-5-10/h4-8H,1-3H3,(H,17,18)(H,19,20)/p-1/t8-/m0/s1. The van der Waals surface area contributed by atoms with Gasteiger partial charge in [-0.3, -0.25) is 4.79 Å². The van der Waals surface area contributed by atoms with Gasteiger partial charge in [-0.15, -0.1) is 11.3 Å². The maximum atomic E-state index is 12.2. The first kappa shape index (κ1) is 16.0. The molecule has 0 aliphatic heterocycles. The fraction of sp³-hybridized carbons (Fsp3) is 0.267. The third-order valence-electron chi connectivity index (χ3n) is 3.12. The normalized spacial score (nSPS) is 11.8. The number of aryl methyl sites for hydroxylation is 1. The lowest BCUT2D eigenvalue weighted by Gasteiger charge is -2.10. The number of anilines is 1. The van der Waals surface area contributed by atoms with Crippen LogP contribution >= 0.6 is 11.3 Å². The lowest BCUT2D eigenvalue weighted by Crippen LogP contribution is -2.21. The third-order valence-corrected chi connectivity index (χ3v) is 4.44. The number of aromatic nitrogens is 1. The average Bonchev–Trinajstić information content (AvgIpc) is 2.89. The summed E-state index contributed by atoms with van der Waals surface area (Å²) in [4.78, 5) is 27.3. The largest absolute Gasteiger partial charge is 0.544 e. The number of carbonyl (C=O) groups excluding carboxylic acids is 2. The number of rotatable bonds is 5. The van der Waals surface area contributed by atoms with Crippen molar-refractivity contribution in [2.45, 2.75) is 19.8 Å². The van der Waals surface area contributed by atoms with Crippen molar-refractivity contribution >= 4 is 28.9 Å². The van der Waals surface area contributed by atoms with Crippen LogP contribution in [0.1, 0.15) is 33.2 Å². The van der Waals surface area contributed by atoms with Crippen LogP contribution in [0, 0.1) is 6.92 Å². The van der Waals surface area contributed by atoms with Crippen molar-refractivity contribution in [2.75, 3.05) is 12.4 Å². The van der Waals surface area contributed by atoms with Gasteiger partial charge in [-0.05, 0) is 38.1 Å². The maximum absolute atomic E-state index is 12.2. The summed E-state index contributed by atoms with van der Waals surface area (Å²) in [6.07, 6.45) is 0. The van der Waals surface area contributed by atoms with Crippen LogP contribution < -0.4 is 15.2 Å². The number of carboxylic acids is 1. The number of methoxy groups -OCH3 is 1. The zero-order valence-corrected chi connectivity index (χ0v) is 13.2. The highest BCUT2D eigenvalue weighted by molar-refractivity contribution is 7.13. The number of amides is 1. The number of carbonyl (C=O) groups is 2. The Morgan fingerprint density at radius 3 is 2.45 bits per heavy atom. The van der Waals surface area contributed by atoms with Crippen molar-refractivity contribution < 1.29 is 19.4 Å². The summed E-state index contributed by atoms with van der Waals surface area (Å²) in [5.74, 6) is -1.40. The van der Waals surface area contributed by atoms with Crippen LogP contribution in [0.25, 0.3) is 0 Å². The highest BCUT2D eigenvalue weighted by Gasteiger charge is 2.21. The molecule has 0 unspecified atom stereocenters. The molecule has 0 spiro atoms. The fourth-order valence-corrected chi connectivity index (χ4v) is 2.78. The summed E-state index contributed by atoms with van der Waals surface area (Å²) in [6.45, 7) is 3.26. The molecule has 22 heavy (non-hydrogen) atoms. The fourth-order valence-electron chi connectivity index (χ4n) is 1.83. The van der Waals surface area contributed by atoms with Gasteiger partial charge in [-0.25, -0.2) is 4.98 Å². The Hall–Kier alpha value is -2.41. The van der Waals surface area contributed by atoms with Gasteiger partial charge in [0.1, 0.15) is 10.8 Å². The van der Waals surface area contributed by atoms with Crippen molar-refractivity contribution in [3.63, 3.8) is 0 Å². The quantitative estimate of drug-likeness (QED) is 0.903. The molecule has 0 saturated heterocycles. The molecule has 2 rings (SSSR count). The van der Waals surface area contributed by atoms with E-state index < -0.39 is 11.9 Å². The Balaban J connectivity index is 2.11. The van der Waals surface area contributed by atoms with E-state index in [4.69, 9.17) is 4.74 Å². The van der Waals surface area contributed by atoms with E-state index in [0.717, 1.165) is 11.3 Å². The zero-order valence-electron chi connectivity index (χ0n) is 12.4. The van der Waals surface area contributed by atoms with Crippen LogP contribution in [0.2, 0.25) is 0 Å². The molecule has 2 aromatic rings. The molecule has 0 radical (unpaired) electrons. The number of carboxylic acid groups (broad SMARTS) is 1. The summed E-state index contributed by atoms with van der Waals surface area (Å²) < 4.78 is 5.05. The molecule has 1 atom stereocenters. The summed E-state index contributed by atoms with van der Waals surface area (Å²) in [5.41, 5.74) is 0.996. The van der Waals surface area contributed by atoms with E-state index in [0.29, 0.717) is 22.1 Å². The molecular formula is C15H15N2O4S-. The SMILES string of the molecule is COc1ccc(NC(=O)[C@H](C)c2nc(C)c(C(=O)[O-])s2)cc1. The molecule has 1 aromatic carbocycles. The van der Waals surface area contributed by atoms with Gasteiger partial charge < -0.3 is 20.0 Å². The van der Waals surface area contributed by atoms with Crippen molar-refractivity contribution in [3.05, 3.63) is 39.8 Å². The highest BCUT2D eigenvalue weighted by atomic mass is 32.1. The van der Waals surface area contributed by atoms with Gasteiger partial charge in [0.05, 0.1) is 29.6 Å². The topological polar surface area (TPSA) is 91.3 Å². The number of nitrogens with zero attached hydrogens (tertiary/aromatic N) is 1. The Labute approximate surface area is 131 Å². The molecule has 116 valence electrons. The summed E-state index contributed by atoms with van der Waals surface area (Å²) in [5, 5.41) is 14.1. The van der Waals surface area contributed by atoms with E-state index in [2.05, 4.69) is 10.3 Å². The van der Waals surface area contributed by atoms with Crippen molar-refractivity contribution in [1.82, 2.24) is 4.98 Å². The van der Waals surface area contributed by atoms with E-state index in [1.807, 2.05) is 0 Å². The smallest absolute Gasteiger partial charge is 0.234 e. The Morgan fingerprint density at radius 1 is 1.32 bits per heavy atom. The van der Waals surface area contributed by atoms with E-state index in [9.17, 15) is 14.7 Å². The highest BCUT2D eigenvalue weighted by Crippen LogP contribution is 2.26. The summed E-state index contributed by atoms with van der Waals surface area (Å²) >= 11 is 0.967. The number of benzene rings is 1. The van der Waals surface area contributed by atoms with Crippen molar-refractivity contribution in [3.8, 4) is 5.75 Å². The van der Waals surface area contributed by atoms with E-state index in [-0.39, 0.29) is 10.8 Å². The molecule has 0 aliphatic rings. The molecule has 6 nitrogen and oxygen atoms in total. The van der Waals surface area contributed by atoms with Gasteiger partial charge in [-0.1, -0.05) is 0 Å². The van der Waals surface area contributed by atoms with Crippen LogP contribution in [0.15, 0.2) is 24.3 Å². The van der Waals surface area contributed by atoms with Crippen LogP contribution in [0.3, 0.4) is 0 Å². The van der Waals surface area contributed by atoms with Gasteiger partial charge in [-0.2, -0.15) is 0 Å². The minimum absolute atomic E-state index is 0.0547. The van der Waals surface area contributed by atoms with E-state index >= 15 is 0 Å². The van der Waals surface area contributed by atoms with Crippen molar-refractivity contribution in [2.24, 2.45) is 0 Å². The maximum Gasteiger partial charge on any atom is 0.234 e. The van der Waals surface area contributed by atoms with Gasteiger partial charge >= 0.3 is 0 Å². The summed E-state index contributed by atoms with van der Waals surface area (Å²) in [6, 6.07) is 6.93. The monoisotopic (exact) mass is 319 g/mol. The molecule has 0 saturated carbocycles. The second kappa shape index (κ2) is 6.57. The molecule has 0 fully saturated rings. The zero-order chi connectivity index (χ0) is 16.3. The number of hydrogen-bond donors (Lipinski definition) is 1. The van der Waals surface area contributed by atoms with Gasteiger partial charge in [0.2, 0.25) is 5.91 Å². The predicted octanol–water partition coefficient (Wildman–Crippen LogP) is 1.57. The van der Waals surface area contributed by atoms with Gasteiger partial charge in [0.25, 0.3) is 0 Å². The molecule has 1 aromatic heterocycles.